The molecule has 0 aliphatic heterocycles. The smallest absolute Gasteiger partial charge is 0.479 e. The predicted molar refractivity (Wildman–Crippen MR) is 299 cm³/mol. The zero-order valence-electron chi connectivity index (χ0n) is 44.6. The Morgan fingerprint density at radius 3 is 1.63 bits per heavy atom. The molecule has 25 nitrogen and oxygen atoms in total. The molecule has 2 aromatic heterocycles. The summed E-state index contributed by atoms with van der Waals surface area (Å²) >= 11 is 17.1. The maximum absolute atomic E-state index is 12.7. The minimum Gasteiger partial charge on any atom is -0.479 e. The number of nitrogens with zero attached hydrogens (tertiary/aromatic N) is 3. The Morgan fingerprint density at radius 2 is 1.14 bits per heavy atom. The predicted octanol–water partition coefficient (Wildman–Crippen LogP) is 7.68. The highest BCUT2D eigenvalue weighted by Crippen LogP contribution is 2.25. The van der Waals surface area contributed by atoms with Crippen LogP contribution >= 0.6 is 34.8 Å². The molecule has 84 heavy (non-hydrogen) atoms. The van der Waals surface area contributed by atoms with Crippen LogP contribution in [0.25, 0.3) is 22.3 Å². The van der Waals surface area contributed by atoms with Crippen molar-refractivity contribution >= 4 is 76.6 Å². The van der Waals surface area contributed by atoms with Crippen molar-refractivity contribution in [2.75, 3.05) is 45.8 Å². The molecule has 0 saturated carbocycles. The van der Waals surface area contributed by atoms with Gasteiger partial charge in [-0.3, -0.25) is 30.0 Å². The topological polar surface area (TPSA) is 338 Å². The molecule has 0 bridgehead atoms. The lowest BCUT2D eigenvalue weighted by atomic mass is 10.0. The number of aliphatic hydroxyl groups is 2. The molecule has 0 fully saturated rings. The SMILES string of the molecule is CCOC(=O)OCCl.CCOC(=O)OCOc1cc(C(=O)NN(Cc2ccc(-c3cccc(Cl)c3)cc2)C[C@@H](O)C(=O)O)on1.O=C(COC(=O)[C@H](O)CN(Cc1ccc(-c2cccc(Cl)c2)cc1)NC(=O)c1cc(=O)[nH]o1)c1ccccc1. The summed E-state index contributed by atoms with van der Waals surface area (Å²) in [5.41, 5.74) is 9.88. The fraction of sp³-hybridized carbons (Fsp3) is 0.232. The summed E-state index contributed by atoms with van der Waals surface area (Å²) in [4.78, 5) is 93.7. The Bertz CT molecular complexity index is 3320. The van der Waals surface area contributed by atoms with Gasteiger partial charge in [0.15, 0.2) is 30.7 Å². The number of carboxylic acids is 1. The van der Waals surface area contributed by atoms with Gasteiger partial charge in [0, 0.05) is 28.7 Å². The fourth-order valence-electron chi connectivity index (χ4n) is 6.92. The molecule has 7 aromatic rings. The number of aromatic nitrogens is 2. The lowest BCUT2D eigenvalue weighted by molar-refractivity contribution is -0.153. The third-order valence-electron chi connectivity index (χ3n) is 10.8. The van der Waals surface area contributed by atoms with E-state index in [-0.39, 0.29) is 49.7 Å². The molecule has 2 heterocycles. The van der Waals surface area contributed by atoms with Gasteiger partial charge in [-0.15, -0.1) is 0 Å². The van der Waals surface area contributed by atoms with E-state index in [4.69, 9.17) is 58.4 Å². The standard InChI is InChI=1S/C28H24ClN3O7.C24H24ClN3O9.C4H7ClO3/c29-22-8-4-7-21(13-22)19-11-9-18(10-12-19)15-32(30-27(36)25-14-26(35)31-39-25)16-23(33)28(37)38-17-24(34)20-5-2-1-3-6-20;1-2-34-24(33)36-14-35-21-11-20(37-27-21)22(30)26-28(13-19(29)23(31)32)12-15-6-8-16(9-7-15)17-4-3-5-18(25)10-17;1-2-7-4(6)8-3-5/h1-14,23,33H,15-17H2,(H,30,36)(H,31,35);3-11,19,29H,2,12-14H2,1H3,(H,26,30)(H,31,32);2-3H2,1H3/t23-;19-;/m11./s1. The fourth-order valence-corrected chi connectivity index (χ4v) is 7.39. The van der Waals surface area contributed by atoms with Crippen molar-refractivity contribution in [3.8, 4) is 28.1 Å². The normalized spacial score (nSPS) is 11.3. The zero-order valence-corrected chi connectivity index (χ0v) is 46.9. The minimum absolute atomic E-state index is 0.0663. The van der Waals surface area contributed by atoms with Gasteiger partial charge in [0.25, 0.3) is 11.4 Å². The summed E-state index contributed by atoms with van der Waals surface area (Å²) in [5, 5.41) is 38.7. The van der Waals surface area contributed by atoms with Crippen molar-refractivity contribution in [3.05, 3.63) is 188 Å². The number of aliphatic hydroxyl groups excluding tert-OH is 2. The number of ether oxygens (including phenoxy) is 6. The first-order valence-corrected chi connectivity index (χ1v) is 26.2. The number of carbonyl (C=O) groups is 7. The largest absolute Gasteiger partial charge is 0.511 e. The molecule has 28 heteroatoms. The molecule has 0 saturated heterocycles. The lowest BCUT2D eigenvalue weighted by Crippen LogP contribution is -2.47. The number of aliphatic carboxylic acids is 1. The summed E-state index contributed by atoms with van der Waals surface area (Å²) in [5.74, 6) is -5.16. The molecule has 0 aliphatic rings. The molecule has 2 amide bonds. The van der Waals surface area contributed by atoms with Crippen LogP contribution in [-0.2, 0) is 46.4 Å². The first-order valence-electron chi connectivity index (χ1n) is 24.9. The minimum atomic E-state index is -1.76. The molecule has 2 atom stereocenters. The number of halogens is 3. The van der Waals surface area contributed by atoms with E-state index in [1.165, 1.54) is 10.0 Å². The summed E-state index contributed by atoms with van der Waals surface area (Å²) in [6, 6.07) is 39.6. The van der Waals surface area contributed by atoms with E-state index in [1.54, 1.807) is 68.4 Å². The van der Waals surface area contributed by atoms with E-state index in [2.05, 4.69) is 35.0 Å². The summed E-state index contributed by atoms with van der Waals surface area (Å²) in [7, 11) is 0. The van der Waals surface area contributed by atoms with Crippen LogP contribution in [-0.4, -0.2) is 135 Å². The van der Waals surface area contributed by atoms with Gasteiger partial charge in [-0.2, -0.15) is 5.16 Å². The Hall–Kier alpha value is -9.08. The van der Waals surface area contributed by atoms with Crippen LogP contribution in [0.1, 0.15) is 56.4 Å². The van der Waals surface area contributed by atoms with Gasteiger partial charge in [0.2, 0.25) is 18.3 Å². The van der Waals surface area contributed by atoms with Crippen LogP contribution in [0, 0.1) is 0 Å². The van der Waals surface area contributed by atoms with E-state index >= 15 is 0 Å². The number of amides is 2. The van der Waals surface area contributed by atoms with Crippen molar-refractivity contribution in [2.45, 2.75) is 39.1 Å². The van der Waals surface area contributed by atoms with Crippen LogP contribution < -0.4 is 21.1 Å². The van der Waals surface area contributed by atoms with Gasteiger partial charge in [0.05, 0.1) is 38.4 Å². The summed E-state index contributed by atoms with van der Waals surface area (Å²) in [6.45, 7) is 2.02. The third kappa shape index (κ3) is 22.7. The number of alkyl halides is 1. The Morgan fingerprint density at radius 1 is 0.619 bits per heavy atom. The number of H-pyrrole nitrogens is 1. The molecule has 0 radical (unpaired) electrons. The number of ketones is 1. The highest BCUT2D eigenvalue weighted by atomic mass is 35.5. The Labute approximate surface area is 493 Å². The van der Waals surface area contributed by atoms with Crippen LogP contribution in [0.4, 0.5) is 9.59 Å². The second-order valence-corrected chi connectivity index (χ2v) is 18.0. The number of aromatic amines is 1. The van der Waals surface area contributed by atoms with Gasteiger partial charge in [-0.05, 0) is 76.7 Å². The Balaban J connectivity index is 0.000000272. The number of hydrogen-bond donors (Lipinski definition) is 6. The molecule has 0 aliphatic carbocycles. The van der Waals surface area contributed by atoms with E-state index in [0.717, 1.165) is 45.5 Å². The first-order chi connectivity index (χ1) is 40.3. The quantitative estimate of drug-likeness (QED) is 0.00798. The van der Waals surface area contributed by atoms with Crippen LogP contribution in [0.2, 0.25) is 10.0 Å². The second-order valence-electron chi connectivity index (χ2n) is 17.0. The molecular weight excluding hydrogens is 1170 g/mol. The number of carboxylic acid groups (broad SMARTS) is 1. The van der Waals surface area contributed by atoms with Crippen molar-refractivity contribution in [1.29, 1.82) is 0 Å². The van der Waals surface area contributed by atoms with Crippen molar-refractivity contribution in [1.82, 2.24) is 31.2 Å². The van der Waals surface area contributed by atoms with E-state index in [9.17, 15) is 48.6 Å². The van der Waals surface area contributed by atoms with Crippen LogP contribution in [0.3, 0.4) is 0 Å². The summed E-state index contributed by atoms with van der Waals surface area (Å²) < 4.78 is 37.5. The number of hydrazine groups is 2. The number of Topliss-reactive ketones (excluding diaryl/α,β-unsaturated/α-hetero) is 1. The second kappa shape index (κ2) is 34.4. The molecule has 6 N–H and O–H groups in total. The monoisotopic (exact) mass is 1220 g/mol. The average Bonchev–Trinajstić information content (AvgIpc) is 4.28. The average molecular weight is 1220 g/mol. The number of esters is 1. The maximum Gasteiger partial charge on any atom is 0.511 e. The van der Waals surface area contributed by atoms with Gasteiger partial charge < -0.3 is 52.8 Å². The van der Waals surface area contributed by atoms with Gasteiger partial charge >= 0.3 is 36.1 Å². The van der Waals surface area contributed by atoms with E-state index in [1.807, 2.05) is 78.0 Å². The van der Waals surface area contributed by atoms with Crippen molar-refractivity contribution < 1.29 is 86.3 Å². The Kier molecular flexibility index (Phi) is 26.9. The van der Waals surface area contributed by atoms with E-state index in [0.29, 0.717) is 22.2 Å². The molecule has 7 rings (SSSR count). The van der Waals surface area contributed by atoms with Gasteiger partial charge in [-0.25, -0.2) is 29.2 Å². The maximum atomic E-state index is 12.7. The lowest BCUT2D eigenvalue weighted by Gasteiger charge is -2.24. The highest BCUT2D eigenvalue weighted by molar-refractivity contribution is 6.31. The first kappa shape index (κ1) is 65.7. The third-order valence-corrected chi connectivity index (χ3v) is 11.4. The number of benzene rings is 5. The van der Waals surface area contributed by atoms with Crippen molar-refractivity contribution in [2.24, 2.45) is 0 Å². The summed E-state index contributed by atoms with van der Waals surface area (Å²) in [6.07, 6.45) is -5.11. The number of carbonyl (C=O) groups excluding carboxylic acids is 6. The molecule has 444 valence electrons. The zero-order chi connectivity index (χ0) is 61.0. The molecule has 0 unspecified atom stereocenters. The number of nitrogens with one attached hydrogen (secondary N) is 3. The number of rotatable bonds is 25. The highest BCUT2D eigenvalue weighted by Gasteiger charge is 2.26. The van der Waals surface area contributed by atoms with Crippen molar-refractivity contribution in [3.63, 3.8) is 0 Å². The van der Waals surface area contributed by atoms with Crippen LogP contribution in [0.15, 0.2) is 153 Å². The molecule has 5 aromatic carbocycles. The molecular formula is C56H55Cl3N6O19. The van der Waals surface area contributed by atoms with Crippen LogP contribution in [0.5, 0.6) is 5.88 Å². The van der Waals surface area contributed by atoms with Gasteiger partial charge in [0.1, 0.15) is 0 Å². The molecule has 0 spiro atoms. The number of hydrogen-bond acceptors (Lipinski definition) is 21. The van der Waals surface area contributed by atoms with E-state index < -0.39 is 79.6 Å². The van der Waals surface area contributed by atoms with Gasteiger partial charge in [-0.1, -0.05) is 138 Å².